The molecule has 0 fully saturated rings. The molecule has 29 heavy (non-hydrogen) atoms. The van der Waals surface area contributed by atoms with Gasteiger partial charge in [-0.3, -0.25) is 19.7 Å². The average Bonchev–Trinajstić information content (AvgIpc) is 2.70. The number of benzene rings is 2. The van der Waals surface area contributed by atoms with E-state index < -0.39 is 23.2 Å². The molecule has 0 saturated heterocycles. The first-order valence-electron chi connectivity index (χ1n) is 9.40. The molecular weight excluding hydrogens is 370 g/mol. The molecule has 1 atom stereocenters. The highest BCUT2D eigenvalue weighted by Gasteiger charge is 2.32. The summed E-state index contributed by atoms with van der Waals surface area (Å²) in [7, 11) is 1.56. The molecule has 0 spiro atoms. The van der Waals surface area contributed by atoms with E-state index in [1.54, 1.807) is 13.2 Å². The van der Waals surface area contributed by atoms with Crippen molar-refractivity contribution in [3.63, 3.8) is 0 Å². The molecule has 7 nitrogen and oxygen atoms in total. The Balaban J connectivity index is 2.24. The molecular formula is C22H25N3O4. The maximum Gasteiger partial charge on any atom is 0.328 e. The highest BCUT2D eigenvalue weighted by molar-refractivity contribution is 5.43. The number of H-pyrrole nitrogens is 2. The van der Waals surface area contributed by atoms with Gasteiger partial charge in [-0.05, 0) is 25.5 Å². The third kappa shape index (κ3) is 4.41. The predicted molar refractivity (Wildman–Crippen MR) is 111 cm³/mol. The molecule has 1 unspecified atom stereocenters. The summed E-state index contributed by atoms with van der Waals surface area (Å²) in [6.07, 6.45) is 0. The number of rotatable bonds is 7. The standard InChI is InChI=1S/C22H25N3O4/c1-14(2)25(13-15-9-5-4-6-10-15)19(16-11-7-8-12-17(16)29-3)18-20(26)23-22(28)24-21(18)27/h4-12,14,19H,13H2,1-3H3,(H3,23,24,26,27,28). The van der Waals surface area contributed by atoms with E-state index in [0.29, 0.717) is 17.9 Å². The smallest absolute Gasteiger partial charge is 0.328 e. The van der Waals surface area contributed by atoms with E-state index in [4.69, 9.17) is 4.74 Å². The maximum atomic E-state index is 12.8. The average molecular weight is 395 g/mol. The molecule has 1 aromatic heterocycles. The first-order chi connectivity index (χ1) is 13.9. The highest BCUT2D eigenvalue weighted by atomic mass is 16.5. The summed E-state index contributed by atoms with van der Waals surface area (Å²) < 4.78 is 5.54. The third-order valence-corrected chi connectivity index (χ3v) is 4.87. The molecule has 7 heteroatoms. The molecule has 0 amide bonds. The fourth-order valence-electron chi connectivity index (χ4n) is 3.50. The first kappa shape index (κ1) is 20.4. The van der Waals surface area contributed by atoms with Crippen LogP contribution in [0.25, 0.3) is 0 Å². The minimum atomic E-state index is -0.755. The van der Waals surface area contributed by atoms with Crippen LogP contribution in [0.15, 0.2) is 64.2 Å². The van der Waals surface area contributed by atoms with Crippen LogP contribution in [-0.4, -0.2) is 33.1 Å². The van der Waals surface area contributed by atoms with E-state index in [0.717, 1.165) is 5.56 Å². The van der Waals surface area contributed by atoms with Gasteiger partial charge in [-0.25, -0.2) is 4.79 Å². The molecule has 0 aliphatic rings. The van der Waals surface area contributed by atoms with Gasteiger partial charge < -0.3 is 9.84 Å². The van der Waals surface area contributed by atoms with Crippen molar-refractivity contribution < 1.29 is 9.84 Å². The number of para-hydroxylation sites is 1. The Labute approximate surface area is 168 Å². The molecule has 1 heterocycles. The van der Waals surface area contributed by atoms with Crippen molar-refractivity contribution in [1.82, 2.24) is 14.9 Å². The number of methoxy groups -OCH3 is 1. The number of nitrogens with zero attached hydrogens (tertiary/aromatic N) is 1. The van der Waals surface area contributed by atoms with Crippen LogP contribution in [0.3, 0.4) is 0 Å². The lowest BCUT2D eigenvalue weighted by molar-refractivity contribution is 0.161. The van der Waals surface area contributed by atoms with Crippen molar-refractivity contribution in [3.8, 4) is 11.6 Å². The summed E-state index contributed by atoms with van der Waals surface area (Å²) in [6, 6.07) is 16.6. The van der Waals surface area contributed by atoms with E-state index >= 15 is 0 Å². The van der Waals surface area contributed by atoms with Crippen molar-refractivity contribution in [1.29, 1.82) is 0 Å². The minimum absolute atomic E-state index is 0.0100. The fraction of sp³-hybridized carbons (Fsp3) is 0.273. The Morgan fingerprint density at radius 1 is 1.00 bits per heavy atom. The van der Waals surface area contributed by atoms with Crippen LogP contribution in [0.5, 0.6) is 11.6 Å². The largest absolute Gasteiger partial charge is 0.496 e. The SMILES string of the molecule is COc1ccccc1C(c1c(O)[nH]c(=O)[nH]c1=O)N(Cc1ccccc1)C(C)C. The van der Waals surface area contributed by atoms with E-state index in [1.807, 2.05) is 62.4 Å². The quantitative estimate of drug-likeness (QED) is 0.571. The van der Waals surface area contributed by atoms with Crippen LogP contribution < -0.4 is 16.0 Å². The summed E-state index contributed by atoms with van der Waals surface area (Å²) in [5, 5.41) is 10.5. The van der Waals surface area contributed by atoms with Gasteiger partial charge in [0.15, 0.2) is 0 Å². The zero-order valence-electron chi connectivity index (χ0n) is 16.7. The summed E-state index contributed by atoms with van der Waals surface area (Å²) >= 11 is 0. The second-order valence-electron chi connectivity index (χ2n) is 7.07. The number of nitrogens with one attached hydrogen (secondary N) is 2. The minimum Gasteiger partial charge on any atom is -0.496 e. The molecule has 0 radical (unpaired) electrons. The van der Waals surface area contributed by atoms with Gasteiger partial charge in [-0.15, -0.1) is 0 Å². The third-order valence-electron chi connectivity index (χ3n) is 4.87. The Morgan fingerprint density at radius 2 is 1.66 bits per heavy atom. The highest BCUT2D eigenvalue weighted by Crippen LogP contribution is 2.37. The monoisotopic (exact) mass is 395 g/mol. The summed E-state index contributed by atoms with van der Waals surface area (Å²) in [4.78, 5) is 31.0. The summed E-state index contributed by atoms with van der Waals surface area (Å²) in [6.45, 7) is 4.56. The Kier molecular flexibility index (Phi) is 6.19. The topological polar surface area (TPSA) is 98.4 Å². The van der Waals surface area contributed by atoms with E-state index in [2.05, 4.69) is 14.9 Å². The van der Waals surface area contributed by atoms with Crippen LogP contribution in [0, 0.1) is 0 Å². The number of aromatic nitrogens is 2. The second kappa shape index (κ2) is 8.79. The number of hydrogen-bond donors (Lipinski definition) is 3. The molecule has 0 aliphatic carbocycles. The zero-order valence-corrected chi connectivity index (χ0v) is 16.7. The molecule has 3 rings (SSSR count). The van der Waals surface area contributed by atoms with Crippen molar-refractivity contribution in [2.45, 2.75) is 32.5 Å². The van der Waals surface area contributed by atoms with E-state index in [-0.39, 0.29) is 11.6 Å². The van der Waals surface area contributed by atoms with Crippen LogP contribution in [0.2, 0.25) is 0 Å². The zero-order chi connectivity index (χ0) is 21.0. The lowest BCUT2D eigenvalue weighted by atomic mass is 9.95. The lowest BCUT2D eigenvalue weighted by Gasteiger charge is -2.35. The summed E-state index contributed by atoms with van der Waals surface area (Å²) in [5.41, 5.74) is 0.447. The molecule has 0 bridgehead atoms. The van der Waals surface area contributed by atoms with Crippen LogP contribution in [-0.2, 0) is 6.54 Å². The number of aromatic amines is 2. The van der Waals surface area contributed by atoms with Gasteiger partial charge in [-0.1, -0.05) is 48.5 Å². The van der Waals surface area contributed by atoms with Gasteiger partial charge >= 0.3 is 5.69 Å². The van der Waals surface area contributed by atoms with Crippen LogP contribution in [0.1, 0.15) is 36.6 Å². The van der Waals surface area contributed by atoms with Crippen molar-refractivity contribution in [2.24, 2.45) is 0 Å². The van der Waals surface area contributed by atoms with Crippen molar-refractivity contribution >= 4 is 0 Å². The van der Waals surface area contributed by atoms with Gasteiger partial charge in [0.05, 0.1) is 18.7 Å². The van der Waals surface area contributed by atoms with Gasteiger partial charge in [0, 0.05) is 18.2 Å². The van der Waals surface area contributed by atoms with Gasteiger partial charge in [0.2, 0.25) is 5.88 Å². The van der Waals surface area contributed by atoms with E-state index in [1.165, 1.54) is 0 Å². The first-order valence-corrected chi connectivity index (χ1v) is 9.40. The molecule has 0 aliphatic heterocycles. The summed E-state index contributed by atoms with van der Waals surface area (Å²) in [5.74, 6) is 0.134. The number of aromatic hydroxyl groups is 1. The Morgan fingerprint density at radius 3 is 2.28 bits per heavy atom. The van der Waals surface area contributed by atoms with Crippen molar-refractivity contribution in [2.75, 3.05) is 7.11 Å². The van der Waals surface area contributed by atoms with Crippen LogP contribution >= 0.6 is 0 Å². The Bertz CT molecular complexity index is 1070. The van der Waals surface area contributed by atoms with Gasteiger partial charge in [0.25, 0.3) is 5.56 Å². The molecule has 3 aromatic rings. The molecule has 0 saturated carbocycles. The van der Waals surface area contributed by atoms with Gasteiger partial charge in [0.1, 0.15) is 5.75 Å². The van der Waals surface area contributed by atoms with Crippen molar-refractivity contribution in [3.05, 3.63) is 92.1 Å². The van der Waals surface area contributed by atoms with Gasteiger partial charge in [-0.2, -0.15) is 0 Å². The lowest BCUT2D eigenvalue weighted by Crippen LogP contribution is -2.39. The molecule has 3 N–H and O–H groups in total. The number of hydrogen-bond acceptors (Lipinski definition) is 5. The molecule has 2 aromatic carbocycles. The van der Waals surface area contributed by atoms with Crippen LogP contribution in [0.4, 0.5) is 0 Å². The number of ether oxygens (including phenoxy) is 1. The van der Waals surface area contributed by atoms with E-state index in [9.17, 15) is 14.7 Å². The normalized spacial score (nSPS) is 12.3. The Hall–Kier alpha value is -3.32. The predicted octanol–water partition coefficient (Wildman–Crippen LogP) is 2.78. The second-order valence-corrected chi connectivity index (χ2v) is 7.07. The fourth-order valence-corrected chi connectivity index (χ4v) is 3.50. The molecule has 152 valence electrons. The maximum absolute atomic E-state index is 12.8.